The Labute approximate surface area is 118 Å². The maximum atomic E-state index is 10.2. The Kier molecular flexibility index (Phi) is 4.27. The number of para-hydroxylation sites is 1. The summed E-state index contributed by atoms with van der Waals surface area (Å²) in [5, 5.41) is 19.2. The number of rotatable bonds is 5. The van der Waals surface area contributed by atoms with Gasteiger partial charge in [-0.1, -0.05) is 24.3 Å². The number of aliphatic hydroxyl groups excluding tert-OH is 1. The summed E-state index contributed by atoms with van der Waals surface area (Å²) in [4.78, 5) is 0. The number of nitrogen functional groups attached to an aromatic ring is 1. The summed E-state index contributed by atoms with van der Waals surface area (Å²) < 4.78 is 5.68. The van der Waals surface area contributed by atoms with Gasteiger partial charge in [0.15, 0.2) is 0 Å². The first-order valence-corrected chi connectivity index (χ1v) is 6.49. The first-order chi connectivity index (χ1) is 9.53. The molecule has 106 valence electrons. The van der Waals surface area contributed by atoms with Crippen LogP contribution in [0, 0.1) is 0 Å². The maximum absolute atomic E-state index is 10.2. The fraction of sp³-hybridized carbons (Fsp3) is 0.250. The van der Waals surface area contributed by atoms with E-state index < -0.39 is 5.60 Å². The third-order valence-electron chi connectivity index (χ3n) is 3.20. The van der Waals surface area contributed by atoms with Crippen molar-refractivity contribution in [3.63, 3.8) is 0 Å². The van der Waals surface area contributed by atoms with Crippen molar-refractivity contribution in [1.29, 1.82) is 0 Å². The fourth-order valence-electron chi connectivity index (χ4n) is 1.95. The Hall–Kier alpha value is -2.04. The Morgan fingerprint density at radius 2 is 1.85 bits per heavy atom. The van der Waals surface area contributed by atoms with Crippen molar-refractivity contribution in [2.75, 3.05) is 12.3 Å². The van der Waals surface area contributed by atoms with Gasteiger partial charge >= 0.3 is 0 Å². The van der Waals surface area contributed by atoms with Crippen LogP contribution in [0.25, 0.3) is 0 Å². The zero-order valence-electron chi connectivity index (χ0n) is 11.4. The molecule has 1 atom stereocenters. The zero-order valence-corrected chi connectivity index (χ0v) is 11.4. The molecule has 0 aliphatic heterocycles. The summed E-state index contributed by atoms with van der Waals surface area (Å²) >= 11 is 0. The standard InChI is InChI=1S/C16H19NO3/c1-16(19,9-10-18)12-7-8-15(14(17)11-12)20-13-5-3-2-4-6-13/h2-8,11,18-19H,9-10,17H2,1H3. The largest absolute Gasteiger partial charge is 0.455 e. The van der Waals surface area contributed by atoms with Crippen LogP contribution >= 0.6 is 0 Å². The third kappa shape index (κ3) is 3.29. The van der Waals surface area contributed by atoms with E-state index >= 15 is 0 Å². The van der Waals surface area contributed by atoms with E-state index in [0.717, 1.165) is 0 Å². The molecule has 2 aromatic carbocycles. The molecule has 0 amide bonds. The molecule has 20 heavy (non-hydrogen) atoms. The van der Waals surface area contributed by atoms with E-state index in [1.54, 1.807) is 25.1 Å². The first kappa shape index (κ1) is 14.4. The molecular weight excluding hydrogens is 254 g/mol. The molecule has 2 aromatic rings. The van der Waals surface area contributed by atoms with Gasteiger partial charge in [-0.3, -0.25) is 0 Å². The van der Waals surface area contributed by atoms with E-state index in [1.807, 2.05) is 30.3 Å². The molecule has 0 saturated carbocycles. The quantitative estimate of drug-likeness (QED) is 0.732. The highest BCUT2D eigenvalue weighted by molar-refractivity contribution is 5.56. The lowest BCUT2D eigenvalue weighted by Gasteiger charge is -2.23. The first-order valence-electron chi connectivity index (χ1n) is 6.49. The van der Waals surface area contributed by atoms with Gasteiger partial charge < -0.3 is 20.7 Å². The van der Waals surface area contributed by atoms with Gasteiger partial charge in [-0.15, -0.1) is 0 Å². The smallest absolute Gasteiger partial charge is 0.150 e. The van der Waals surface area contributed by atoms with Gasteiger partial charge in [0.05, 0.1) is 11.3 Å². The normalized spacial score (nSPS) is 13.8. The Balaban J connectivity index is 2.22. The van der Waals surface area contributed by atoms with Gasteiger partial charge in [0, 0.05) is 13.0 Å². The van der Waals surface area contributed by atoms with Gasteiger partial charge in [0.1, 0.15) is 11.5 Å². The molecule has 2 rings (SSSR count). The van der Waals surface area contributed by atoms with Crippen molar-refractivity contribution in [2.24, 2.45) is 0 Å². The van der Waals surface area contributed by atoms with Crippen molar-refractivity contribution in [1.82, 2.24) is 0 Å². The highest BCUT2D eigenvalue weighted by Crippen LogP contribution is 2.32. The molecule has 0 saturated heterocycles. The lowest BCUT2D eigenvalue weighted by molar-refractivity contribution is 0.0299. The van der Waals surface area contributed by atoms with Crippen LogP contribution in [0.4, 0.5) is 5.69 Å². The fourth-order valence-corrected chi connectivity index (χ4v) is 1.95. The number of ether oxygens (including phenoxy) is 1. The minimum atomic E-state index is -1.10. The number of aliphatic hydroxyl groups is 2. The lowest BCUT2D eigenvalue weighted by atomic mass is 9.92. The van der Waals surface area contributed by atoms with Crippen LogP contribution < -0.4 is 10.5 Å². The third-order valence-corrected chi connectivity index (χ3v) is 3.20. The molecule has 0 aliphatic rings. The van der Waals surface area contributed by atoms with Crippen LogP contribution in [0.3, 0.4) is 0 Å². The molecule has 0 radical (unpaired) electrons. The van der Waals surface area contributed by atoms with Gasteiger partial charge in [-0.25, -0.2) is 0 Å². The second-order valence-electron chi connectivity index (χ2n) is 4.92. The highest BCUT2D eigenvalue weighted by Gasteiger charge is 2.23. The molecule has 0 heterocycles. The van der Waals surface area contributed by atoms with E-state index in [2.05, 4.69) is 0 Å². The van der Waals surface area contributed by atoms with Gasteiger partial charge in [-0.05, 0) is 36.8 Å². The molecule has 0 fully saturated rings. The Morgan fingerprint density at radius 1 is 1.15 bits per heavy atom. The van der Waals surface area contributed by atoms with Gasteiger partial charge in [-0.2, -0.15) is 0 Å². The van der Waals surface area contributed by atoms with Gasteiger partial charge in [0.2, 0.25) is 0 Å². The molecule has 0 bridgehead atoms. The SMILES string of the molecule is CC(O)(CCO)c1ccc(Oc2ccccc2)c(N)c1. The van der Waals surface area contributed by atoms with Crippen molar-refractivity contribution in [2.45, 2.75) is 18.9 Å². The van der Waals surface area contributed by atoms with Crippen LogP contribution in [-0.4, -0.2) is 16.8 Å². The van der Waals surface area contributed by atoms with Crippen LogP contribution in [0.1, 0.15) is 18.9 Å². The second-order valence-corrected chi connectivity index (χ2v) is 4.92. The number of anilines is 1. The zero-order chi connectivity index (χ0) is 14.6. The minimum absolute atomic E-state index is 0.0881. The number of nitrogens with two attached hydrogens (primary N) is 1. The number of hydrogen-bond acceptors (Lipinski definition) is 4. The van der Waals surface area contributed by atoms with Crippen molar-refractivity contribution in [3.8, 4) is 11.5 Å². The minimum Gasteiger partial charge on any atom is -0.455 e. The van der Waals surface area contributed by atoms with Gasteiger partial charge in [0.25, 0.3) is 0 Å². The Bertz CT molecular complexity index is 567. The molecule has 4 heteroatoms. The molecule has 4 N–H and O–H groups in total. The molecule has 0 aromatic heterocycles. The number of benzene rings is 2. The van der Waals surface area contributed by atoms with Crippen molar-refractivity contribution >= 4 is 5.69 Å². The predicted molar refractivity (Wildman–Crippen MR) is 78.6 cm³/mol. The summed E-state index contributed by atoms with van der Waals surface area (Å²) in [6, 6.07) is 14.5. The molecule has 4 nitrogen and oxygen atoms in total. The van der Waals surface area contributed by atoms with E-state index in [0.29, 0.717) is 22.7 Å². The van der Waals surface area contributed by atoms with Crippen LogP contribution in [-0.2, 0) is 5.60 Å². The molecular formula is C16H19NO3. The van der Waals surface area contributed by atoms with Crippen LogP contribution in [0.15, 0.2) is 48.5 Å². The highest BCUT2D eigenvalue weighted by atomic mass is 16.5. The molecule has 0 spiro atoms. The topological polar surface area (TPSA) is 75.7 Å². The average Bonchev–Trinajstić information content (AvgIpc) is 2.42. The van der Waals surface area contributed by atoms with E-state index in [-0.39, 0.29) is 13.0 Å². The maximum Gasteiger partial charge on any atom is 0.150 e. The average molecular weight is 273 g/mol. The summed E-state index contributed by atoms with van der Waals surface area (Å²) in [5.74, 6) is 1.24. The summed E-state index contributed by atoms with van der Waals surface area (Å²) in [6.45, 7) is 1.56. The lowest BCUT2D eigenvalue weighted by Crippen LogP contribution is -2.22. The van der Waals surface area contributed by atoms with Crippen LogP contribution in [0.5, 0.6) is 11.5 Å². The predicted octanol–water partition coefficient (Wildman–Crippen LogP) is 2.65. The molecule has 1 unspecified atom stereocenters. The number of hydrogen-bond donors (Lipinski definition) is 3. The molecule has 0 aliphatic carbocycles. The van der Waals surface area contributed by atoms with Crippen molar-refractivity contribution in [3.05, 3.63) is 54.1 Å². The monoisotopic (exact) mass is 273 g/mol. The summed E-state index contributed by atoms with van der Waals surface area (Å²) in [5.41, 5.74) is 5.97. The second kappa shape index (κ2) is 5.94. The summed E-state index contributed by atoms with van der Waals surface area (Å²) in [7, 11) is 0. The van der Waals surface area contributed by atoms with E-state index in [1.165, 1.54) is 0 Å². The summed E-state index contributed by atoms with van der Waals surface area (Å²) in [6.07, 6.45) is 0.255. The van der Waals surface area contributed by atoms with Crippen LogP contribution in [0.2, 0.25) is 0 Å². The van der Waals surface area contributed by atoms with E-state index in [4.69, 9.17) is 15.6 Å². The Morgan fingerprint density at radius 3 is 2.45 bits per heavy atom. The van der Waals surface area contributed by atoms with Crippen molar-refractivity contribution < 1.29 is 14.9 Å². The van der Waals surface area contributed by atoms with E-state index in [9.17, 15) is 5.11 Å².